The number of nitrogens with one attached hydrogen (secondary N) is 1. The largest absolute Gasteiger partial charge is 0.313 e. The lowest BCUT2D eigenvalue weighted by Crippen LogP contribution is -2.56. The fourth-order valence-electron chi connectivity index (χ4n) is 3.80. The summed E-state index contributed by atoms with van der Waals surface area (Å²) in [5.74, 6) is 1.79. The van der Waals surface area contributed by atoms with E-state index in [0.29, 0.717) is 0 Å². The zero-order chi connectivity index (χ0) is 13.1. The van der Waals surface area contributed by atoms with Gasteiger partial charge in [0.25, 0.3) is 0 Å². The first kappa shape index (κ1) is 14.3. The van der Waals surface area contributed by atoms with Crippen LogP contribution in [0, 0.1) is 11.8 Å². The van der Waals surface area contributed by atoms with Gasteiger partial charge in [-0.3, -0.25) is 4.90 Å². The maximum atomic E-state index is 3.74. The molecule has 0 bridgehead atoms. The molecule has 18 heavy (non-hydrogen) atoms. The first-order valence-electron chi connectivity index (χ1n) is 8.08. The van der Waals surface area contributed by atoms with Gasteiger partial charge in [-0.2, -0.15) is 0 Å². The minimum absolute atomic E-state index is 0.732. The molecule has 2 saturated carbocycles. The van der Waals surface area contributed by atoms with Crippen molar-refractivity contribution in [2.24, 2.45) is 11.8 Å². The molecule has 2 heteroatoms. The molecule has 0 aromatic heterocycles. The van der Waals surface area contributed by atoms with Gasteiger partial charge in [0.05, 0.1) is 0 Å². The van der Waals surface area contributed by atoms with Crippen LogP contribution in [0.15, 0.2) is 0 Å². The Morgan fingerprint density at radius 2 is 1.89 bits per heavy atom. The molecule has 0 heterocycles. The average molecular weight is 252 g/mol. The van der Waals surface area contributed by atoms with Gasteiger partial charge in [0.15, 0.2) is 0 Å². The summed E-state index contributed by atoms with van der Waals surface area (Å²) in [4.78, 5) is 2.71. The maximum absolute atomic E-state index is 3.74. The first-order valence-corrected chi connectivity index (χ1v) is 8.08. The highest BCUT2D eigenvalue weighted by molar-refractivity contribution is 4.94. The molecule has 3 unspecified atom stereocenters. The normalized spacial score (nSPS) is 34.0. The van der Waals surface area contributed by atoms with Gasteiger partial charge in [-0.05, 0) is 57.5 Å². The number of likely N-dealkylation sites (N-methyl/N-ethyl adjacent to an activating group) is 2. The summed E-state index contributed by atoms with van der Waals surface area (Å²) < 4.78 is 0. The van der Waals surface area contributed by atoms with E-state index in [0.717, 1.165) is 36.5 Å². The summed E-state index contributed by atoms with van der Waals surface area (Å²) in [6.07, 6.45) is 8.50. The monoisotopic (exact) mass is 252 g/mol. The maximum Gasteiger partial charge on any atom is 0.0251 e. The third kappa shape index (κ3) is 3.08. The highest BCUT2D eigenvalue weighted by atomic mass is 15.2. The Labute approximate surface area is 114 Å². The van der Waals surface area contributed by atoms with Crippen molar-refractivity contribution >= 4 is 0 Å². The van der Waals surface area contributed by atoms with E-state index in [1.807, 2.05) is 0 Å². The fraction of sp³-hybridized carbons (Fsp3) is 1.00. The second-order valence-corrected chi connectivity index (χ2v) is 6.80. The number of hydrogen-bond acceptors (Lipinski definition) is 2. The van der Waals surface area contributed by atoms with Gasteiger partial charge < -0.3 is 5.32 Å². The van der Waals surface area contributed by atoms with Gasteiger partial charge in [-0.15, -0.1) is 0 Å². The van der Waals surface area contributed by atoms with Crippen LogP contribution in [-0.2, 0) is 0 Å². The molecule has 0 spiro atoms. The van der Waals surface area contributed by atoms with Crippen LogP contribution in [0.1, 0.15) is 59.3 Å². The number of hydrogen-bond donors (Lipinski definition) is 1. The topological polar surface area (TPSA) is 15.3 Å². The van der Waals surface area contributed by atoms with Crippen LogP contribution in [0.3, 0.4) is 0 Å². The van der Waals surface area contributed by atoms with Crippen LogP contribution in [0.2, 0.25) is 0 Å². The van der Waals surface area contributed by atoms with Crippen molar-refractivity contribution < 1.29 is 0 Å². The molecule has 1 N–H and O–H groups in total. The lowest BCUT2D eigenvalue weighted by atomic mass is 9.75. The standard InChI is InChI=1S/C16H32N2/c1-5-17-15-10-9-13(12(2)3)11-16(15)18(4)14-7-6-8-14/h12-17H,5-11H2,1-4H3. The van der Waals surface area contributed by atoms with Crippen LogP contribution >= 0.6 is 0 Å². The molecule has 2 aliphatic carbocycles. The Kier molecular flexibility index (Phi) is 5.08. The number of rotatable bonds is 5. The Morgan fingerprint density at radius 1 is 1.17 bits per heavy atom. The molecule has 0 aliphatic heterocycles. The third-order valence-corrected chi connectivity index (χ3v) is 5.44. The van der Waals surface area contributed by atoms with Crippen molar-refractivity contribution in [2.45, 2.75) is 77.4 Å². The fourth-order valence-corrected chi connectivity index (χ4v) is 3.80. The predicted molar refractivity (Wildman–Crippen MR) is 78.8 cm³/mol. The molecule has 0 amide bonds. The molecule has 2 nitrogen and oxygen atoms in total. The second-order valence-electron chi connectivity index (χ2n) is 6.80. The van der Waals surface area contributed by atoms with Crippen LogP contribution < -0.4 is 5.32 Å². The highest BCUT2D eigenvalue weighted by Gasteiger charge is 2.37. The van der Waals surface area contributed by atoms with Crippen molar-refractivity contribution in [3.05, 3.63) is 0 Å². The first-order chi connectivity index (χ1) is 8.63. The molecular formula is C16H32N2. The minimum atomic E-state index is 0.732. The third-order valence-electron chi connectivity index (χ3n) is 5.44. The Morgan fingerprint density at radius 3 is 2.39 bits per heavy atom. The van der Waals surface area contributed by atoms with E-state index in [9.17, 15) is 0 Å². The van der Waals surface area contributed by atoms with Crippen molar-refractivity contribution in [2.75, 3.05) is 13.6 Å². The Bertz CT molecular complexity index is 245. The lowest BCUT2D eigenvalue weighted by Gasteiger charge is -2.47. The lowest BCUT2D eigenvalue weighted by molar-refractivity contribution is 0.0429. The van der Waals surface area contributed by atoms with Crippen molar-refractivity contribution in [3.63, 3.8) is 0 Å². The zero-order valence-electron chi connectivity index (χ0n) is 12.8. The SMILES string of the molecule is CCNC1CCC(C(C)C)CC1N(C)C1CCC1. The minimum Gasteiger partial charge on any atom is -0.313 e. The highest BCUT2D eigenvalue weighted by Crippen LogP contribution is 2.35. The summed E-state index contributed by atoms with van der Waals surface area (Å²) in [6.45, 7) is 8.16. The molecule has 0 aromatic carbocycles. The number of nitrogens with zero attached hydrogens (tertiary/aromatic N) is 1. The van der Waals surface area contributed by atoms with E-state index in [4.69, 9.17) is 0 Å². The quantitative estimate of drug-likeness (QED) is 0.808. The smallest absolute Gasteiger partial charge is 0.0251 e. The molecule has 2 fully saturated rings. The average Bonchev–Trinajstić information content (AvgIpc) is 2.27. The summed E-state index contributed by atoms with van der Waals surface area (Å²) in [6, 6.07) is 2.38. The van der Waals surface area contributed by atoms with Gasteiger partial charge in [-0.25, -0.2) is 0 Å². The molecule has 2 aliphatic rings. The molecule has 0 radical (unpaired) electrons. The van der Waals surface area contributed by atoms with Crippen LogP contribution in [0.5, 0.6) is 0 Å². The molecule has 0 saturated heterocycles. The Balaban J connectivity index is 1.98. The van der Waals surface area contributed by atoms with Crippen molar-refractivity contribution in [1.29, 1.82) is 0 Å². The van der Waals surface area contributed by atoms with E-state index in [-0.39, 0.29) is 0 Å². The van der Waals surface area contributed by atoms with E-state index in [2.05, 4.69) is 38.0 Å². The van der Waals surface area contributed by atoms with Gasteiger partial charge in [0.2, 0.25) is 0 Å². The van der Waals surface area contributed by atoms with Crippen LogP contribution in [0.4, 0.5) is 0 Å². The molecule has 106 valence electrons. The van der Waals surface area contributed by atoms with Crippen LogP contribution in [-0.4, -0.2) is 36.6 Å². The Hall–Kier alpha value is -0.0800. The van der Waals surface area contributed by atoms with Gasteiger partial charge in [-0.1, -0.05) is 27.2 Å². The van der Waals surface area contributed by atoms with Gasteiger partial charge in [0, 0.05) is 18.1 Å². The van der Waals surface area contributed by atoms with E-state index >= 15 is 0 Å². The summed E-state index contributed by atoms with van der Waals surface area (Å²) in [5, 5.41) is 3.74. The summed E-state index contributed by atoms with van der Waals surface area (Å²) in [7, 11) is 2.38. The van der Waals surface area contributed by atoms with E-state index in [1.54, 1.807) is 0 Å². The second kappa shape index (κ2) is 6.38. The summed E-state index contributed by atoms with van der Waals surface area (Å²) >= 11 is 0. The van der Waals surface area contributed by atoms with Gasteiger partial charge in [0.1, 0.15) is 0 Å². The zero-order valence-corrected chi connectivity index (χ0v) is 12.8. The van der Waals surface area contributed by atoms with E-state index < -0.39 is 0 Å². The molecule has 2 rings (SSSR count). The van der Waals surface area contributed by atoms with Crippen LogP contribution in [0.25, 0.3) is 0 Å². The van der Waals surface area contributed by atoms with Crippen molar-refractivity contribution in [3.8, 4) is 0 Å². The predicted octanol–water partition coefficient (Wildman–Crippen LogP) is 3.27. The molecule has 0 aromatic rings. The van der Waals surface area contributed by atoms with Gasteiger partial charge >= 0.3 is 0 Å². The van der Waals surface area contributed by atoms with E-state index in [1.165, 1.54) is 38.5 Å². The summed E-state index contributed by atoms with van der Waals surface area (Å²) in [5.41, 5.74) is 0. The molecular weight excluding hydrogens is 220 g/mol. The molecule has 3 atom stereocenters. The van der Waals surface area contributed by atoms with Crippen molar-refractivity contribution in [1.82, 2.24) is 10.2 Å².